The van der Waals surface area contributed by atoms with E-state index in [0.29, 0.717) is 17.0 Å². The molecule has 90 valence electrons. The lowest BCUT2D eigenvalue weighted by atomic mass is 10.2. The van der Waals surface area contributed by atoms with Crippen molar-refractivity contribution in [3.05, 3.63) is 53.3 Å². The van der Waals surface area contributed by atoms with Gasteiger partial charge in [0.2, 0.25) is 0 Å². The molecule has 0 atom stereocenters. The van der Waals surface area contributed by atoms with Crippen molar-refractivity contribution in [1.29, 1.82) is 5.26 Å². The molecule has 0 radical (unpaired) electrons. The highest BCUT2D eigenvalue weighted by atomic mass is 19.1. The van der Waals surface area contributed by atoms with E-state index in [9.17, 15) is 4.39 Å². The number of aryl methyl sites for hydroxylation is 1. The minimum absolute atomic E-state index is 0.138. The normalized spacial score (nSPS) is 9.83. The number of nitrogens with two attached hydrogens (primary N) is 1. The van der Waals surface area contributed by atoms with E-state index in [-0.39, 0.29) is 5.75 Å². The Bertz CT molecular complexity index is 632. The summed E-state index contributed by atoms with van der Waals surface area (Å²) in [6.45, 7) is 1.85. The molecule has 0 aliphatic heterocycles. The summed E-state index contributed by atoms with van der Waals surface area (Å²) in [5, 5.41) is 8.75. The third kappa shape index (κ3) is 2.41. The largest absolute Gasteiger partial charge is 0.454 e. The summed E-state index contributed by atoms with van der Waals surface area (Å²) in [5.74, 6) is 0.0960. The van der Waals surface area contributed by atoms with Gasteiger partial charge in [-0.15, -0.1) is 0 Å². The van der Waals surface area contributed by atoms with Gasteiger partial charge in [0.15, 0.2) is 11.6 Å². The molecule has 0 saturated heterocycles. The fraction of sp³-hybridized carbons (Fsp3) is 0.0714. The standard InChI is InChI=1S/C14H11FN2O/c1-9-2-5-12(15)14(6-9)18-11-4-3-10(8-16)13(17)7-11/h2-7H,17H2,1H3. The second kappa shape index (κ2) is 4.76. The summed E-state index contributed by atoms with van der Waals surface area (Å²) >= 11 is 0. The first-order valence-corrected chi connectivity index (χ1v) is 5.34. The van der Waals surface area contributed by atoms with Crippen LogP contribution in [-0.4, -0.2) is 0 Å². The number of nitrogen functional groups attached to an aromatic ring is 1. The fourth-order valence-electron chi connectivity index (χ4n) is 1.52. The maximum atomic E-state index is 13.5. The zero-order valence-corrected chi connectivity index (χ0v) is 9.77. The number of hydrogen-bond donors (Lipinski definition) is 1. The molecule has 0 saturated carbocycles. The molecule has 18 heavy (non-hydrogen) atoms. The lowest BCUT2D eigenvalue weighted by molar-refractivity contribution is 0.442. The van der Waals surface area contributed by atoms with E-state index >= 15 is 0 Å². The average molecular weight is 242 g/mol. The molecule has 0 spiro atoms. The topological polar surface area (TPSA) is 59.0 Å². The number of rotatable bonds is 2. The van der Waals surface area contributed by atoms with Crippen LogP contribution in [0.5, 0.6) is 11.5 Å². The van der Waals surface area contributed by atoms with Gasteiger partial charge < -0.3 is 10.5 Å². The molecule has 2 N–H and O–H groups in total. The molecule has 0 heterocycles. The average Bonchev–Trinajstić information content (AvgIpc) is 2.34. The highest BCUT2D eigenvalue weighted by molar-refractivity contribution is 5.57. The Morgan fingerprint density at radius 2 is 2.00 bits per heavy atom. The van der Waals surface area contributed by atoms with Gasteiger partial charge in [-0.05, 0) is 36.8 Å². The van der Waals surface area contributed by atoms with Crippen molar-refractivity contribution in [3.63, 3.8) is 0 Å². The summed E-state index contributed by atoms with van der Waals surface area (Å²) in [6, 6.07) is 11.2. The van der Waals surface area contributed by atoms with Crippen LogP contribution in [0, 0.1) is 24.1 Å². The third-order valence-electron chi connectivity index (χ3n) is 2.46. The summed E-state index contributed by atoms with van der Waals surface area (Å²) in [4.78, 5) is 0. The van der Waals surface area contributed by atoms with E-state index in [4.69, 9.17) is 15.7 Å². The lowest BCUT2D eigenvalue weighted by Gasteiger charge is -2.08. The fourth-order valence-corrected chi connectivity index (χ4v) is 1.52. The Morgan fingerprint density at radius 1 is 1.22 bits per heavy atom. The Balaban J connectivity index is 2.32. The smallest absolute Gasteiger partial charge is 0.165 e. The molecule has 2 aromatic rings. The molecule has 0 aromatic heterocycles. The third-order valence-corrected chi connectivity index (χ3v) is 2.46. The highest BCUT2D eigenvalue weighted by Crippen LogP contribution is 2.27. The van der Waals surface area contributed by atoms with Gasteiger partial charge in [-0.1, -0.05) is 6.07 Å². The van der Waals surface area contributed by atoms with Crippen LogP contribution in [0.4, 0.5) is 10.1 Å². The van der Waals surface area contributed by atoms with Crippen LogP contribution in [0.2, 0.25) is 0 Å². The van der Waals surface area contributed by atoms with E-state index in [2.05, 4.69) is 0 Å². The lowest BCUT2D eigenvalue weighted by Crippen LogP contribution is -1.93. The minimum atomic E-state index is -0.441. The van der Waals surface area contributed by atoms with Gasteiger partial charge in [-0.3, -0.25) is 0 Å². The number of ether oxygens (including phenoxy) is 1. The Morgan fingerprint density at radius 3 is 2.67 bits per heavy atom. The first-order valence-electron chi connectivity index (χ1n) is 5.34. The van der Waals surface area contributed by atoms with Crippen molar-refractivity contribution in [2.45, 2.75) is 6.92 Å². The molecule has 0 aliphatic carbocycles. The van der Waals surface area contributed by atoms with Crippen molar-refractivity contribution in [3.8, 4) is 17.6 Å². The maximum absolute atomic E-state index is 13.5. The molecule has 0 fully saturated rings. The highest BCUT2D eigenvalue weighted by Gasteiger charge is 2.06. The second-order valence-electron chi connectivity index (χ2n) is 3.90. The van der Waals surface area contributed by atoms with Crippen LogP contribution in [0.15, 0.2) is 36.4 Å². The van der Waals surface area contributed by atoms with Crippen molar-refractivity contribution in [2.24, 2.45) is 0 Å². The molecule has 2 aromatic carbocycles. The number of hydrogen-bond acceptors (Lipinski definition) is 3. The Kier molecular flexibility index (Phi) is 3.16. The van der Waals surface area contributed by atoms with E-state index in [1.54, 1.807) is 24.3 Å². The number of halogens is 1. The van der Waals surface area contributed by atoms with Gasteiger partial charge in [0.05, 0.1) is 11.3 Å². The van der Waals surface area contributed by atoms with E-state index in [1.807, 2.05) is 13.0 Å². The SMILES string of the molecule is Cc1ccc(F)c(Oc2ccc(C#N)c(N)c2)c1. The quantitative estimate of drug-likeness (QED) is 0.821. The maximum Gasteiger partial charge on any atom is 0.165 e. The van der Waals surface area contributed by atoms with E-state index in [0.717, 1.165) is 5.56 Å². The van der Waals surface area contributed by atoms with E-state index < -0.39 is 5.82 Å². The van der Waals surface area contributed by atoms with Crippen molar-refractivity contribution in [1.82, 2.24) is 0 Å². The van der Waals surface area contributed by atoms with Crippen molar-refractivity contribution in [2.75, 3.05) is 5.73 Å². The molecule has 0 unspecified atom stereocenters. The van der Waals surface area contributed by atoms with Gasteiger partial charge >= 0.3 is 0 Å². The van der Waals surface area contributed by atoms with Gasteiger partial charge in [0.1, 0.15) is 11.8 Å². The van der Waals surface area contributed by atoms with Crippen LogP contribution in [0.1, 0.15) is 11.1 Å². The first kappa shape index (κ1) is 11.9. The number of anilines is 1. The number of benzene rings is 2. The van der Waals surface area contributed by atoms with Crippen LogP contribution in [0.25, 0.3) is 0 Å². The van der Waals surface area contributed by atoms with Gasteiger partial charge in [0.25, 0.3) is 0 Å². The molecular weight excluding hydrogens is 231 g/mol. The summed E-state index contributed by atoms with van der Waals surface area (Å²) in [7, 11) is 0. The molecule has 0 aliphatic rings. The molecule has 0 bridgehead atoms. The predicted octanol–water partition coefficient (Wildman–Crippen LogP) is 3.38. The van der Waals surface area contributed by atoms with Crippen molar-refractivity contribution >= 4 is 5.69 Å². The zero-order valence-electron chi connectivity index (χ0n) is 9.77. The zero-order chi connectivity index (χ0) is 13.1. The summed E-state index contributed by atoms with van der Waals surface area (Å²) in [5.41, 5.74) is 7.23. The van der Waals surface area contributed by atoms with Gasteiger partial charge in [-0.2, -0.15) is 5.26 Å². The Labute approximate surface area is 104 Å². The monoisotopic (exact) mass is 242 g/mol. The predicted molar refractivity (Wildman–Crippen MR) is 66.8 cm³/mol. The summed E-state index contributed by atoms with van der Waals surface area (Å²) < 4.78 is 18.9. The van der Waals surface area contributed by atoms with Crippen LogP contribution in [-0.2, 0) is 0 Å². The van der Waals surface area contributed by atoms with Crippen LogP contribution >= 0.6 is 0 Å². The second-order valence-corrected chi connectivity index (χ2v) is 3.90. The van der Waals surface area contributed by atoms with Gasteiger partial charge in [0, 0.05) is 6.07 Å². The molecule has 0 amide bonds. The number of nitrogens with zero attached hydrogens (tertiary/aromatic N) is 1. The minimum Gasteiger partial charge on any atom is -0.454 e. The Hall–Kier alpha value is -2.54. The van der Waals surface area contributed by atoms with Gasteiger partial charge in [-0.25, -0.2) is 4.39 Å². The van der Waals surface area contributed by atoms with E-state index in [1.165, 1.54) is 12.1 Å². The molecule has 2 rings (SSSR count). The first-order chi connectivity index (χ1) is 8.60. The van der Waals surface area contributed by atoms with Crippen LogP contribution < -0.4 is 10.5 Å². The molecule has 4 heteroatoms. The summed E-state index contributed by atoms with van der Waals surface area (Å²) in [6.07, 6.45) is 0. The molecule has 3 nitrogen and oxygen atoms in total. The number of nitriles is 1. The van der Waals surface area contributed by atoms with Crippen LogP contribution in [0.3, 0.4) is 0 Å². The van der Waals surface area contributed by atoms with Crippen molar-refractivity contribution < 1.29 is 9.13 Å². The molecular formula is C14H11FN2O.